The first-order valence-corrected chi connectivity index (χ1v) is 8.09. The second-order valence-corrected chi connectivity index (χ2v) is 5.19. The van der Waals surface area contributed by atoms with Crippen LogP contribution in [0.3, 0.4) is 0 Å². The largest absolute Gasteiger partial charge is 0.495 e. The number of hydrogen-bond donors (Lipinski definition) is 2. The SMILES string of the molecule is CCOC(CNCCNc1ccccc1OC)c1ccccc1. The Kier molecular flexibility index (Phi) is 7.43. The molecule has 2 aromatic rings. The van der Waals surface area contributed by atoms with Crippen LogP contribution in [0.15, 0.2) is 54.6 Å². The van der Waals surface area contributed by atoms with Crippen molar-refractivity contribution in [1.29, 1.82) is 0 Å². The maximum atomic E-state index is 5.83. The van der Waals surface area contributed by atoms with Crippen LogP contribution in [0.25, 0.3) is 0 Å². The van der Waals surface area contributed by atoms with Crippen LogP contribution < -0.4 is 15.4 Å². The molecule has 0 aliphatic rings. The van der Waals surface area contributed by atoms with E-state index in [9.17, 15) is 0 Å². The molecule has 0 aliphatic carbocycles. The van der Waals surface area contributed by atoms with Crippen LogP contribution >= 0.6 is 0 Å². The molecular formula is C19H26N2O2. The van der Waals surface area contributed by atoms with Crippen LogP contribution in [0.5, 0.6) is 5.75 Å². The Morgan fingerprint density at radius 1 is 0.957 bits per heavy atom. The summed E-state index contributed by atoms with van der Waals surface area (Å²) in [6, 6.07) is 18.3. The van der Waals surface area contributed by atoms with Gasteiger partial charge in [0.25, 0.3) is 0 Å². The Bertz CT molecular complexity index is 560. The average Bonchev–Trinajstić information content (AvgIpc) is 2.61. The summed E-state index contributed by atoms with van der Waals surface area (Å²) >= 11 is 0. The fourth-order valence-electron chi connectivity index (χ4n) is 2.45. The van der Waals surface area contributed by atoms with Crippen LogP contribution in [0, 0.1) is 0 Å². The fraction of sp³-hybridized carbons (Fsp3) is 0.368. The van der Waals surface area contributed by atoms with E-state index in [-0.39, 0.29) is 6.10 Å². The van der Waals surface area contributed by atoms with Gasteiger partial charge < -0.3 is 20.1 Å². The molecule has 0 saturated carbocycles. The van der Waals surface area contributed by atoms with E-state index in [0.717, 1.165) is 31.1 Å². The van der Waals surface area contributed by atoms with Crippen LogP contribution in [-0.2, 0) is 4.74 Å². The third-order valence-corrected chi connectivity index (χ3v) is 3.59. The molecule has 4 heteroatoms. The minimum atomic E-state index is 0.0902. The van der Waals surface area contributed by atoms with Gasteiger partial charge in [-0.1, -0.05) is 42.5 Å². The standard InChI is InChI=1S/C19H26N2O2/c1-3-23-19(16-9-5-4-6-10-16)15-20-13-14-21-17-11-7-8-12-18(17)22-2/h4-12,19-21H,3,13-15H2,1-2H3. The van der Waals surface area contributed by atoms with Crippen molar-refractivity contribution in [2.45, 2.75) is 13.0 Å². The topological polar surface area (TPSA) is 42.5 Å². The highest BCUT2D eigenvalue weighted by atomic mass is 16.5. The molecule has 2 aromatic carbocycles. The zero-order valence-corrected chi connectivity index (χ0v) is 13.9. The highest BCUT2D eigenvalue weighted by Gasteiger charge is 2.10. The molecule has 0 saturated heterocycles. The van der Waals surface area contributed by atoms with Gasteiger partial charge in [0.1, 0.15) is 5.75 Å². The first-order chi connectivity index (χ1) is 11.3. The van der Waals surface area contributed by atoms with Crippen LogP contribution in [0.4, 0.5) is 5.69 Å². The molecule has 0 amide bonds. The molecule has 23 heavy (non-hydrogen) atoms. The Morgan fingerprint density at radius 2 is 1.70 bits per heavy atom. The number of para-hydroxylation sites is 2. The van der Waals surface area contributed by atoms with Crippen LogP contribution in [0.2, 0.25) is 0 Å². The van der Waals surface area contributed by atoms with Crippen molar-refractivity contribution in [3.05, 3.63) is 60.2 Å². The molecule has 0 spiro atoms. The molecule has 1 atom stereocenters. The van der Waals surface area contributed by atoms with Gasteiger partial charge in [0, 0.05) is 26.2 Å². The van der Waals surface area contributed by atoms with E-state index < -0.39 is 0 Å². The zero-order chi connectivity index (χ0) is 16.3. The number of anilines is 1. The number of rotatable bonds is 10. The van der Waals surface area contributed by atoms with Gasteiger partial charge in [-0.25, -0.2) is 0 Å². The van der Waals surface area contributed by atoms with Gasteiger partial charge in [0.2, 0.25) is 0 Å². The van der Waals surface area contributed by atoms with E-state index in [1.165, 1.54) is 5.56 Å². The van der Waals surface area contributed by atoms with E-state index in [2.05, 4.69) is 22.8 Å². The fourth-order valence-corrected chi connectivity index (χ4v) is 2.45. The summed E-state index contributed by atoms with van der Waals surface area (Å²) in [6.45, 7) is 5.22. The molecular weight excluding hydrogens is 288 g/mol. The number of nitrogens with one attached hydrogen (secondary N) is 2. The number of methoxy groups -OCH3 is 1. The van der Waals surface area contributed by atoms with Crippen molar-refractivity contribution in [3.8, 4) is 5.75 Å². The molecule has 0 aromatic heterocycles. The minimum Gasteiger partial charge on any atom is -0.495 e. The summed E-state index contributed by atoms with van der Waals surface area (Å²) in [6.07, 6.45) is 0.0902. The molecule has 0 radical (unpaired) electrons. The van der Waals surface area contributed by atoms with Crippen molar-refractivity contribution in [2.75, 3.05) is 38.7 Å². The summed E-state index contributed by atoms with van der Waals surface area (Å²) in [5.41, 5.74) is 2.22. The average molecular weight is 314 g/mol. The highest BCUT2D eigenvalue weighted by Crippen LogP contribution is 2.22. The van der Waals surface area contributed by atoms with Crippen LogP contribution in [0.1, 0.15) is 18.6 Å². The van der Waals surface area contributed by atoms with Crippen molar-refractivity contribution >= 4 is 5.69 Å². The normalized spacial score (nSPS) is 11.9. The first-order valence-electron chi connectivity index (χ1n) is 8.09. The Labute approximate surface area is 138 Å². The Balaban J connectivity index is 1.75. The predicted octanol–water partition coefficient (Wildman–Crippen LogP) is 3.47. The van der Waals surface area contributed by atoms with E-state index in [0.29, 0.717) is 6.61 Å². The smallest absolute Gasteiger partial charge is 0.141 e. The summed E-state index contributed by atoms with van der Waals surface area (Å²) in [5.74, 6) is 0.865. The maximum absolute atomic E-state index is 5.83. The summed E-state index contributed by atoms with van der Waals surface area (Å²) in [5, 5.41) is 6.83. The molecule has 124 valence electrons. The second-order valence-electron chi connectivity index (χ2n) is 5.19. The van der Waals surface area contributed by atoms with Gasteiger partial charge in [-0.3, -0.25) is 0 Å². The summed E-state index contributed by atoms with van der Waals surface area (Å²) in [7, 11) is 1.69. The van der Waals surface area contributed by atoms with E-state index >= 15 is 0 Å². The zero-order valence-electron chi connectivity index (χ0n) is 13.9. The summed E-state index contributed by atoms with van der Waals surface area (Å²) < 4.78 is 11.2. The predicted molar refractivity (Wildman–Crippen MR) is 95.2 cm³/mol. The van der Waals surface area contributed by atoms with Gasteiger partial charge in [0.15, 0.2) is 0 Å². The quantitative estimate of drug-likeness (QED) is 0.659. The van der Waals surface area contributed by atoms with Crippen molar-refractivity contribution < 1.29 is 9.47 Å². The van der Waals surface area contributed by atoms with Crippen molar-refractivity contribution in [2.24, 2.45) is 0 Å². The third-order valence-electron chi connectivity index (χ3n) is 3.59. The first kappa shape index (κ1) is 17.3. The third kappa shape index (κ3) is 5.58. The van der Waals surface area contributed by atoms with Gasteiger partial charge in [-0.05, 0) is 24.6 Å². The number of ether oxygens (including phenoxy) is 2. The molecule has 0 fully saturated rings. The maximum Gasteiger partial charge on any atom is 0.141 e. The lowest BCUT2D eigenvalue weighted by Crippen LogP contribution is -2.28. The summed E-state index contributed by atoms with van der Waals surface area (Å²) in [4.78, 5) is 0. The monoisotopic (exact) mass is 314 g/mol. The highest BCUT2D eigenvalue weighted by molar-refractivity contribution is 5.56. The molecule has 0 bridgehead atoms. The van der Waals surface area contributed by atoms with Crippen molar-refractivity contribution in [1.82, 2.24) is 5.32 Å². The Hall–Kier alpha value is -2.04. The second kappa shape index (κ2) is 9.87. The lowest BCUT2D eigenvalue weighted by Gasteiger charge is -2.18. The number of hydrogen-bond acceptors (Lipinski definition) is 4. The molecule has 2 N–H and O–H groups in total. The minimum absolute atomic E-state index is 0.0902. The van der Waals surface area contributed by atoms with Gasteiger partial charge in [-0.15, -0.1) is 0 Å². The van der Waals surface area contributed by atoms with Crippen molar-refractivity contribution in [3.63, 3.8) is 0 Å². The van der Waals surface area contributed by atoms with Crippen LogP contribution in [-0.4, -0.2) is 33.4 Å². The molecule has 4 nitrogen and oxygen atoms in total. The van der Waals surface area contributed by atoms with E-state index in [4.69, 9.17) is 9.47 Å². The van der Waals surface area contributed by atoms with E-state index in [1.54, 1.807) is 7.11 Å². The van der Waals surface area contributed by atoms with Gasteiger partial charge in [0.05, 0.1) is 18.9 Å². The van der Waals surface area contributed by atoms with Gasteiger partial charge in [-0.2, -0.15) is 0 Å². The van der Waals surface area contributed by atoms with Gasteiger partial charge >= 0.3 is 0 Å². The molecule has 0 heterocycles. The molecule has 2 rings (SSSR count). The Morgan fingerprint density at radius 3 is 2.43 bits per heavy atom. The molecule has 1 unspecified atom stereocenters. The molecule has 0 aliphatic heterocycles. The lowest BCUT2D eigenvalue weighted by molar-refractivity contribution is 0.0627. The number of benzene rings is 2. The lowest BCUT2D eigenvalue weighted by atomic mass is 10.1. The van der Waals surface area contributed by atoms with E-state index in [1.807, 2.05) is 49.4 Å².